The number of nitrogens with zero attached hydrogens (tertiary/aromatic N) is 2. The fourth-order valence-electron chi connectivity index (χ4n) is 1.75. The zero-order valence-corrected chi connectivity index (χ0v) is 9.96. The van der Waals surface area contributed by atoms with E-state index in [0.717, 1.165) is 11.4 Å². The largest absolute Gasteiger partial charge is 0.308 e. The minimum Gasteiger partial charge on any atom is -0.308 e. The molecule has 6 nitrogen and oxygen atoms in total. The van der Waals surface area contributed by atoms with Gasteiger partial charge in [-0.05, 0) is 19.8 Å². The molecule has 90 valence electrons. The normalized spacial score (nSPS) is 21.1. The number of rotatable bonds is 3. The highest BCUT2D eigenvalue weighted by molar-refractivity contribution is 7.91. The van der Waals surface area contributed by atoms with Crippen LogP contribution in [0.4, 0.5) is 0 Å². The van der Waals surface area contributed by atoms with Crippen LogP contribution >= 0.6 is 0 Å². The Balaban J connectivity index is 1.82. The van der Waals surface area contributed by atoms with Gasteiger partial charge in [0.25, 0.3) is 0 Å². The summed E-state index contributed by atoms with van der Waals surface area (Å²) in [6.07, 6.45) is 1.35. The minimum absolute atomic E-state index is 0.250. The Morgan fingerprint density at radius 2 is 2.06 bits per heavy atom. The molecule has 1 aliphatic heterocycles. The monoisotopic (exact) mass is 245 g/mol. The second kappa shape index (κ2) is 4.50. The summed E-state index contributed by atoms with van der Waals surface area (Å²) in [4.78, 5) is 0. The molecule has 0 saturated carbocycles. The maximum absolute atomic E-state index is 11.2. The maximum Gasteiger partial charge on any atom is 0.150 e. The summed E-state index contributed by atoms with van der Waals surface area (Å²) in [5.41, 5.74) is 1.56. The average Bonchev–Trinajstić information content (AvgIpc) is 2.63. The number of nitrogens with one attached hydrogen (secondary N) is 1. The molecular weight excluding hydrogens is 230 g/mol. The molecule has 1 saturated heterocycles. The van der Waals surface area contributed by atoms with E-state index in [0.29, 0.717) is 19.4 Å². The van der Waals surface area contributed by atoms with E-state index in [4.69, 9.17) is 0 Å². The van der Waals surface area contributed by atoms with Gasteiger partial charge in [0.15, 0.2) is 0 Å². The Kier molecular flexibility index (Phi) is 3.25. The van der Waals surface area contributed by atoms with Crippen molar-refractivity contribution in [3.8, 4) is 0 Å². The zero-order chi connectivity index (χ0) is 11.6. The summed E-state index contributed by atoms with van der Waals surface area (Å²) in [6, 6.07) is 0.250. The van der Waals surface area contributed by atoms with Crippen LogP contribution in [0.15, 0.2) is 4.63 Å². The van der Waals surface area contributed by atoms with E-state index in [9.17, 15) is 8.42 Å². The second-order valence-corrected chi connectivity index (χ2v) is 6.41. The number of sulfone groups is 1. The Morgan fingerprint density at radius 3 is 2.62 bits per heavy atom. The average molecular weight is 245 g/mol. The SMILES string of the molecule is Cc1nonc1CNC1CCS(=O)(=O)CC1. The van der Waals surface area contributed by atoms with Crippen LogP contribution in [0.25, 0.3) is 0 Å². The highest BCUT2D eigenvalue weighted by Gasteiger charge is 2.23. The van der Waals surface area contributed by atoms with Crippen molar-refractivity contribution in [3.05, 3.63) is 11.4 Å². The first-order valence-electron chi connectivity index (χ1n) is 5.29. The lowest BCUT2D eigenvalue weighted by Crippen LogP contribution is -2.37. The summed E-state index contributed by atoms with van der Waals surface area (Å²) in [5, 5.41) is 10.7. The van der Waals surface area contributed by atoms with Gasteiger partial charge in [-0.3, -0.25) is 0 Å². The fourth-order valence-corrected chi connectivity index (χ4v) is 3.24. The summed E-state index contributed by atoms with van der Waals surface area (Å²) < 4.78 is 27.0. The van der Waals surface area contributed by atoms with Crippen LogP contribution in [-0.4, -0.2) is 36.3 Å². The van der Waals surface area contributed by atoms with Crippen LogP contribution < -0.4 is 5.32 Å². The van der Waals surface area contributed by atoms with Crippen molar-refractivity contribution in [1.82, 2.24) is 15.6 Å². The van der Waals surface area contributed by atoms with Gasteiger partial charge in [-0.15, -0.1) is 0 Å². The van der Waals surface area contributed by atoms with Crippen molar-refractivity contribution in [2.24, 2.45) is 0 Å². The van der Waals surface area contributed by atoms with Gasteiger partial charge in [-0.2, -0.15) is 0 Å². The van der Waals surface area contributed by atoms with Crippen LogP contribution in [-0.2, 0) is 16.4 Å². The predicted molar refractivity (Wildman–Crippen MR) is 57.6 cm³/mol. The molecule has 0 amide bonds. The van der Waals surface area contributed by atoms with Crippen molar-refractivity contribution in [2.45, 2.75) is 32.4 Å². The van der Waals surface area contributed by atoms with Gasteiger partial charge in [-0.1, -0.05) is 10.3 Å². The summed E-state index contributed by atoms with van der Waals surface area (Å²) >= 11 is 0. The van der Waals surface area contributed by atoms with E-state index >= 15 is 0 Å². The molecule has 0 aliphatic carbocycles. The van der Waals surface area contributed by atoms with Crippen LogP contribution in [0.2, 0.25) is 0 Å². The third-order valence-electron chi connectivity index (χ3n) is 2.86. The number of aromatic nitrogens is 2. The van der Waals surface area contributed by atoms with Crippen molar-refractivity contribution >= 4 is 9.84 Å². The van der Waals surface area contributed by atoms with Crippen molar-refractivity contribution in [2.75, 3.05) is 11.5 Å². The predicted octanol–water partition coefficient (Wildman–Crippen LogP) is 0.0448. The Hall–Kier alpha value is -0.950. The third-order valence-corrected chi connectivity index (χ3v) is 4.57. The van der Waals surface area contributed by atoms with Gasteiger partial charge in [0.05, 0.1) is 11.5 Å². The fraction of sp³-hybridized carbons (Fsp3) is 0.778. The standard InChI is InChI=1S/C9H15N3O3S/c1-7-9(12-15-11-7)6-10-8-2-4-16(13,14)5-3-8/h8,10H,2-6H2,1H3. The first kappa shape index (κ1) is 11.5. The molecule has 0 bridgehead atoms. The van der Waals surface area contributed by atoms with Gasteiger partial charge in [0.2, 0.25) is 0 Å². The quantitative estimate of drug-likeness (QED) is 0.809. The Labute approximate surface area is 94.3 Å². The molecule has 16 heavy (non-hydrogen) atoms. The third kappa shape index (κ3) is 2.79. The van der Waals surface area contributed by atoms with Gasteiger partial charge in [-0.25, -0.2) is 13.0 Å². The molecular formula is C9H15N3O3S. The van der Waals surface area contributed by atoms with Gasteiger partial charge in [0.1, 0.15) is 21.2 Å². The highest BCUT2D eigenvalue weighted by Crippen LogP contribution is 2.12. The van der Waals surface area contributed by atoms with Crippen molar-refractivity contribution in [3.63, 3.8) is 0 Å². The topological polar surface area (TPSA) is 85.1 Å². The smallest absolute Gasteiger partial charge is 0.150 e. The summed E-state index contributed by atoms with van der Waals surface area (Å²) in [5.74, 6) is 0.557. The molecule has 2 heterocycles. The molecule has 0 atom stereocenters. The lowest BCUT2D eigenvalue weighted by Gasteiger charge is -2.22. The molecule has 0 spiro atoms. The Bertz CT molecular complexity index is 440. The molecule has 1 fully saturated rings. The molecule has 1 aromatic heterocycles. The van der Waals surface area contributed by atoms with E-state index in [1.165, 1.54) is 0 Å². The van der Waals surface area contributed by atoms with Crippen LogP contribution in [0.3, 0.4) is 0 Å². The van der Waals surface area contributed by atoms with Gasteiger partial charge >= 0.3 is 0 Å². The number of aryl methyl sites for hydroxylation is 1. The molecule has 0 radical (unpaired) electrons. The summed E-state index contributed by atoms with van der Waals surface area (Å²) in [7, 11) is -2.78. The minimum atomic E-state index is -2.78. The molecule has 0 aromatic carbocycles. The van der Waals surface area contributed by atoms with Crippen molar-refractivity contribution in [1.29, 1.82) is 0 Å². The van der Waals surface area contributed by atoms with Crippen LogP contribution in [0, 0.1) is 6.92 Å². The lowest BCUT2D eigenvalue weighted by atomic mass is 10.1. The van der Waals surface area contributed by atoms with Gasteiger partial charge in [0, 0.05) is 12.6 Å². The highest BCUT2D eigenvalue weighted by atomic mass is 32.2. The van der Waals surface area contributed by atoms with E-state index < -0.39 is 9.84 Å². The van der Waals surface area contributed by atoms with Gasteiger partial charge < -0.3 is 5.32 Å². The number of hydrogen-bond donors (Lipinski definition) is 1. The molecule has 7 heteroatoms. The maximum atomic E-state index is 11.2. The zero-order valence-electron chi connectivity index (χ0n) is 9.14. The van der Waals surface area contributed by atoms with E-state index in [1.54, 1.807) is 0 Å². The molecule has 1 N–H and O–H groups in total. The van der Waals surface area contributed by atoms with Crippen LogP contribution in [0.5, 0.6) is 0 Å². The molecule has 0 unspecified atom stereocenters. The van der Waals surface area contributed by atoms with Crippen LogP contribution in [0.1, 0.15) is 24.2 Å². The molecule has 2 rings (SSSR count). The number of hydrogen-bond acceptors (Lipinski definition) is 6. The molecule has 1 aromatic rings. The second-order valence-electron chi connectivity index (χ2n) is 4.10. The van der Waals surface area contributed by atoms with Crippen molar-refractivity contribution < 1.29 is 13.0 Å². The van der Waals surface area contributed by atoms with E-state index in [1.807, 2.05) is 6.92 Å². The van der Waals surface area contributed by atoms with E-state index in [-0.39, 0.29) is 17.5 Å². The first-order chi connectivity index (χ1) is 7.57. The Morgan fingerprint density at radius 1 is 1.38 bits per heavy atom. The summed E-state index contributed by atoms with van der Waals surface area (Å²) in [6.45, 7) is 2.42. The molecule has 1 aliphatic rings. The first-order valence-corrected chi connectivity index (χ1v) is 7.11. The van der Waals surface area contributed by atoms with E-state index in [2.05, 4.69) is 20.3 Å². The lowest BCUT2D eigenvalue weighted by molar-refractivity contribution is 0.299.